The molecular formula is C15H15ClFNO. The van der Waals surface area contributed by atoms with Crippen LogP contribution in [0.2, 0.25) is 5.02 Å². The quantitative estimate of drug-likeness (QED) is 0.871. The van der Waals surface area contributed by atoms with E-state index in [2.05, 4.69) is 5.32 Å². The summed E-state index contributed by atoms with van der Waals surface area (Å²) in [5, 5.41) is 3.38. The lowest BCUT2D eigenvalue weighted by atomic mass is 10.2. The first-order chi connectivity index (χ1) is 9.20. The second-order valence-corrected chi connectivity index (χ2v) is 4.44. The number of anilines is 1. The van der Waals surface area contributed by atoms with E-state index in [-0.39, 0.29) is 5.82 Å². The minimum atomic E-state index is -0.353. The van der Waals surface area contributed by atoms with Crippen LogP contribution < -0.4 is 10.1 Å². The summed E-state index contributed by atoms with van der Waals surface area (Å²) in [4.78, 5) is 0. The molecule has 0 fully saturated rings. The molecule has 0 aliphatic carbocycles. The Hall–Kier alpha value is -1.74. The minimum absolute atomic E-state index is 0.325. The highest BCUT2D eigenvalue weighted by molar-refractivity contribution is 6.33. The van der Waals surface area contributed by atoms with Crippen molar-refractivity contribution in [2.75, 3.05) is 11.9 Å². The minimum Gasteiger partial charge on any atom is -0.494 e. The van der Waals surface area contributed by atoms with Crippen LogP contribution >= 0.6 is 11.6 Å². The molecule has 0 bridgehead atoms. The Balaban J connectivity index is 2.08. The molecule has 0 radical (unpaired) electrons. The lowest BCUT2D eigenvalue weighted by Crippen LogP contribution is -2.02. The van der Waals surface area contributed by atoms with Crippen molar-refractivity contribution in [3.05, 3.63) is 58.9 Å². The Labute approximate surface area is 117 Å². The normalized spacial score (nSPS) is 10.3. The molecule has 0 aliphatic heterocycles. The van der Waals surface area contributed by atoms with E-state index >= 15 is 0 Å². The van der Waals surface area contributed by atoms with Crippen molar-refractivity contribution >= 4 is 17.3 Å². The lowest BCUT2D eigenvalue weighted by Gasteiger charge is -2.10. The molecule has 0 saturated heterocycles. The molecule has 19 heavy (non-hydrogen) atoms. The van der Waals surface area contributed by atoms with Crippen LogP contribution in [-0.4, -0.2) is 6.61 Å². The van der Waals surface area contributed by atoms with Gasteiger partial charge in [0.05, 0.1) is 17.3 Å². The topological polar surface area (TPSA) is 21.3 Å². The molecule has 2 rings (SSSR count). The molecule has 100 valence electrons. The van der Waals surface area contributed by atoms with Gasteiger partial charge in [-0.05, 0) is 36.8 Å². The van der Waals surface area contributed by atoms with Crippen molar-refractivity contribution in [1.82, 2.24) is 0 Å². The summed E-state index contributed by atoms with van der Waals surface area (Å²) in [7, 11) is 0. The first kappa shape index (κ1) is 13.7. The predicted octanol–water partition coefficient (Wildman–Crippen LogP) is 4.49. The van der Waals surface area contributed by atoms with Crippen molar-refractivity contribution in [1.29, 1.82) is 0 Å². The van der Waals surface area contributed by atoms with Gasteiger partial charge in [-0.2, -0.15) is 0 Å². The summed E-state index contributed by atoms with van der Waals surface area (Å²) in [6, 6.07) is 12.3. The molecule has 0 unspecified atom stereocenters. The van der Waals surface area contributed by atoms with E-state index < -0.39 is 0 Å². The number of hydrogen-bond donors (Lipinski definition) is 1. The maximum Gasteiger partial charge on any atom is 0.147 e. The van der Waals surface area contributed by atoms with E-state index in [9.17, 15) is 4.39 Å². The van der Waals surface area contributed by atoms with Crippen LogP contribution in [0.1, 0.15) is 12.5 Å². The number of ether oxygens (including phenoxy) is 1. The number of nitrogens with one attached hydrogen (secondary N) is 1. The average Bonchev–Trinajstić information content (AvgIpc) is 2.39. The van der Waals surface area contributed by atoms with E-state index in [0.717, 1.165) is 11.3 Å². The van der Waals surface area contributed by atoms with Gasteiger partial charge in [0, 0.05) is 6.54 Å². The van der Waals surface area contributed by atoms with Crippen molar-refractivity contribution in [3.63, 3.8) is 0 Å². The fraction of sp³-hybridized carbons (Fsp3) is 0.200. The number of halogens is 2. The molecule has 4 heteroatoms. The van der Waals surface area contributed by atoms with Gasteiger partial charge in [-0.15, -0.1) is 0 Å². The van der Waals surface area contributed by atoms with E-state index in [0.29, 0.717) is 23.9 Å². The van der Waals surface area contributed by atoms with Crippen LogP contribution in [0.25, 0.3) is 0 Å². The van der Waals surface area contributed by atoms with Gasteiger partial charge in [0.15, 0.2) is 0 Å². The summed E-state index contributed by atoms with van der Waals surface area (Å²) in [5.41, 5.74) is 1.33. The fourth-order valence-electron chi connectivity index (χ4n) is 1.77. The van der Waals surface area contributed by atoms with Gasteiger partial charge < -0.3 is 10.1 Å². The molecule has 0 aromatic heterocycles. The summed E-state index contributed by atoms with van der Waals surface area (Å²) < 4.78 is 19.0. The van der Waals surface area contributed by atoms with E-state index in [1.165, 1.54) is 6.07 Å². The van der Waals surface area contributed by atoms with Gasteiger partial charge in [0.1, 0.15) is 11.6 Å². The Morgan fingerprint density at radius 3 is 2.74 bits per heavy atom. The Bertz CT molecular complexity index is 539. The summed E-state index contributed by atoms with van der Waals surface area (Å²) >= 11 is 5.95. The Kier molecular flexibility index (Phi) is 4.63. The number of hydrogen-bond acceptors (Lipinski definition) is 2. The highest BCUT2D eigenvalue weighted by Gasteiger charge is 2.06. The van der Waals surface area contributed by atoms with E-state index in [4.69, 9.17) is 16.3 Å². The van der Waals surface area contributed by atoms with Crippen molar-refractivity contribution in [2.45, 2.75) is 13.5 Å². The molecule has 2 nitrogen and oxygen atoms in total. The molecule has 0 heterocycles. The molecule has 0 atom stereocenters. The van der Waals surface area contributed by atoms with Gasteiger partial charge in [-0.25, -0.2) is 4.39 Å². The van der Waals surface area contributed by atoms with E-state index in [1.54, 1.807) is 12.1 Å². The first-order valence-electron chi connectivity index (χ1n) is 6.10. The molecule has 2 aromatic rings. The van der Waals surface area contributed by atoms with E-state index in [1.807, 2.05) is 31.2 Å². The fourth-order valence-corrected chi connectivity index (χ4v) is 2.00. The Morgan fingerprint density at radius 1 is 1.21 bits per heavy atom. The zero-order valence-corrected chi connectivity index (χ0v) is 11.4. The smallest absolute Gasteiger partial charge is 0.147 e. The molecular weight excluding hydrogens is 265 g/mol. The Morgan fingerprint density at radius 2 is 2.00 bits per heavy atom. The third-order valence-corrected chi connectivity index (χ3v) is 2.96. The monoisotopic (exact) mass is 279 g/mol. The largest absolute Gasteiger partial charge is 0.494 e. The molecule has 0 saturated carbocycles. The van der Waals surface area contributed by atoms with Gasteiger partial charge >= 0.3 is 0 Å². The van der Waals surface area contributed by atoms with Gasteiger partial charge in [-0.1, -0.05) is 29.8 Å². The van der Waals surface area contributed by atoms with Gasteiger partial charge in [0.25, 0.3) is 0 Å². The van der Waals surface area contributed by atoms with Crippen molar-refractivity contribution in [3.8, 4) is 5.75 Å². The van der Waals surface area contributed by atoms with Gasteiger partial charge in [0.2, 0.25) is 0 Å². The van der Waals surface area contributed by atoms with Crippen LogP contribution in [0, 0.1) is 5.82 Å². The second kappa shape index (κ2) is 6.43. The summed E-state index contributed by atoms with van der Waals surface area (Å²) in [5.74, 6) is 0.454. The maximum absolute atomic E-state index is 13.6. The highest BCUT2D eigenvalue weighted by Crippen LogP contribution is 2.25. The third-order valence-electron chi connectivity index (χ3n) is 2.64. The third kappa shape index (κ3) is 3.61. The zero-order chi connectivity index (χ0) is 13.7. The number of benzene rings is 2. The van der Waals surface area contributed by atoms with Crippen LogP contribution in [0.3, 0.4) is 0 Å². The summed E-state index contributed by atoms with van der Waals surface area (Å²) in [6.45, 7) is 3.04. The van der Waals surface area contributed by atoms with Crippen LogP contribution in [0.15, 0.2) is 42.5 Å². The highest BCUT2D eigenvalue weighted by atomic mass is 35.5. The zero-order valence-electron chi connectivity index (χ0n) is 10.6. The summed E-state index contributed by atoms with van der Waals surface area (Å²) in [6.07, 6.45) is 0. The first-order valence-corrected chi connectivity index (χ1v) is 6.48. The standard InChI is InChI=1S/C15H15ClFNO/c1-2-19-12-6-3-5-11(9-12)10-18-15-13(16)7-4-8-14(15)17/h3-9,18H,2,10H2,1H3. The van der Waals surface area contributed by atoms with Crippen LogP contribution in [0.4, 0.5) is 10.1 Å². The molecule has 2 aromatic carbocycles. The molecule has 0 amide bonds. The van der Waals surface area contributed by atoms with Crippen molar-refractivity contribution in [2.24, 2.45) is 0 Å². The molecule has 1 N–H and O–H groups in total. The number of para-hydroxylation sites is 1. The SMILES string of the molecule is CCOc1cccc(CNc2c(F)cccc2Cl)c1. The molecule has 0 spiro atoms. The average molecular weight is 280 g/mol. The van der Waals surface area contributed by atoms with Crippen LogP contribution in [0.5, 0.6) is 5.75 Å². The predicted molar refractivity (Wildman–Crippen MR) is 76.3 cm³/mol. The van der Waals surface area contributed by atoms with Crippen molar-refractivity contribution < 1.29 is 9.13 Å². The molecule has 0 aliphatic rings. The van der Waals surface area contributed by atoms with Gasteiger partial charge in [-0.3, -0.25) is 0 Å². The van der Waals surface area contributed by atoms with Crippen LogP contribution in [-0.2, 0) is 6.54 Å². The lowest BCUT2D eigenvalue weighted by molar-refractivity contribution is 0.340. The second-order valence-electron chi connectivity index (χ2n) is 4.03. The number of rotatable bonds is 5. The maximum atomic E-state index is 13.6.